The Balaban J connectivity index is 1.91. The van der Waals surface area contributed by atoms with Gasteiger partial charge in [-0.15, -0.1) is 0 Å². The summed E-state index contributed by atoms with van der Waals surface area (Å²) in [5, 5.41) is 12.0. The number of hydrogen-bond donors (Lipinski definition) is 2. The Kier molecular flexibility index (Phi) is 6.05. The molecule has 0 radical (unpaired) electrons. The number of nitrogens with zero attached hydrogens (tertiary/aromatic N) is 1. The summed E-state index contributed by atoms with van der Waals surface area (Å²) in [6.45, 7) is 0.741. The minimum absolute atomic E-state index is 0.136. The molecule has 1 aromatic rings. The van der Waals surface area contributed by atoms with Gasteiger partial charge in [-0.3, -0.25) is 4.79 Å². The van der Waals surface area contributed by atoms with E-state index in [-0.39, 0.29) is 18.4 Å². The molecular weight excluding hydrogens is 264 g/mol. The van der Waals surface area contributed by atoms with Crippen molar-refractivity contribution >= 4 is 17.3 Å². The Morgan fingerprint density at radius 3 is 2.38 bits per heavy atom. The molecule has 0 unspecified atom stereocenters. The molecule has 1 saturated carbocycles. The average molecular weight is 290 g/mol. The van der Waals surface area contributed by atoms with Gasteiger partial charge in [-0.2, -0.15) is 0 Å². The van der Waals surface area contributed by atoms with Crippen molar-refractivity contribution < 1.29 is 9.90 Å². The van der Waals surface area contributed by atoms with Crippen molar-refractivity contribution in [3.05, 3.63) is 24.3 Å². The quantitative estimate of drug-likeness (QED) is 0.820. The van der Waals surface area contributed by atoms with E-state index in [0.717, 1.165) is 24.2 Å². The van der Waals surface area contributed by atoms with Gasteiger partial charge >= 0.3 is 0 Å². The van der Waals surface area contributed by atoms with Crippen LogP contribution in [-0.4, -0.2) is 31.2 Å². The fourth-order valence-electron chi connectivity index (χ4n) is 2.86. The molecule has 4 heteroatoms. The van der Waals surface area contributed by atoms with Crippen LogP contribution in [0.1, 0.15) is 38.5 Å². The number of carbonyl (C=O) groups excluding carboxylic acids is 1. The Bertz CT molecular complexity index is 437. The van der Waals surface area contributed by atoms with Crippen LogP contribution < -0.4 is 10.2 Å². The van der Waals surface area contributed by atoms with Crippen molar-refractivity contribution in [3.8, 4) is 0 Å². The molecule has 116 valence electrons. The normalized spacial score (nSPS) is 16.3. The zero-order chi connectivity index (χ0) is 15.1. The van der Waals surface area contributed by atoms with Gasteiger partial charge in [-0.05, 0) is 37.1 Å². The summed E-state index contributed by atoms with van der Waals surface area (Å²) in [5.74, 6) is 0.331. The third-order valence-electron chi connectivity index (χ3n) is 4.24. The topological polar surface area (TPSA) is 52.6 Å². The Hall–Kier alpha value is -1.55. The van der Waals surface area contributed by atoms with Gasteiger partial charge in [0.05, 0.1) is 6.61 Å². The number of benzene rings is 1. The summed E-state index contributed by atoms with van der Waals surface area (Å²) in [6.07, 6.45) is 6.89. The van der Waals surface area contributed by atoms with E-state index in [1.54, 1.807) is 0 Å². The second-order valence-electron chi connectivity index (χ2n) is 5.87. The third-order valence-corrected chi connectivity index (χ3v) is 4.24. The van der Waals surface area contributed by atoms with Crippen molar-refractivity contribution in [1.82, 2.24) is 0 Å². The molecular formula is C17H26N2O2. The summed E-state index contributed by atoms with van der Waals surface area (Å²) in [5.41, 5.74) is 1.89. The largest absolute Gasteiger partial charge is 0.395 e. The molecule has 1 aliphatic rings. The van der Waals surface area contributed by atoms with Crippen LogP contribution in [0.4, 0.5) is 11.4 Å². The highest BCUT2D eigenvalue weighted by Crippen LogP contribution is 2.24. The molecule has 2 N–H and O–H groups in total. The van der Waals surface area contributed by atoms with Gasteiger partial charge in [-0.1, -0.05) is 25.7 Å². The lowest BCUT2D eigenvalue weighted by Crippen LogP contribution is -2.23. The number of aliphatic hydroxyl groups excluding tert-OH is 1. The van der Waals surface area contributed by atoms with E-state index in [2.05, 4.69) is 5.32 Å². The minimum atomic E-state index is 0.136. The highest BCUT2D eigenvalue weighted by molar-refractivity contribution is 5.92. The maximum atomic E-state index is 12.3. The molecule has 1 fully saturated rings. The van der Waals surface area contributed by atoms with Crippen LogP contribution in [0.2, 0.25) is 0 Å². The number of likely N-dealkylation sites (N-methyl/N-ethyl adjacent to an activating group) is 1. The summed E-state index contributed by atoms with van der Waals surface area (Å²) >= 11 is 0. The van der Waals surface area contributed by atoms with E-state index in [1.165, 1.54) is 25.7 Å². The number of amides is 1. The average Bonchev–Trinajstić information content (AvgIpc) is 2.77. The highest BCUT2D eigenvalue weighted by Gasteiger charge is 2.19. The standard InChI is InChI=1S/C17H26N2O2/c1-19(12-13-20)16-10-8-15(9-11-16)18-17(21)14-6-4-2-3-5-7-14/h8-11,14,20H,2-7,12-13H2,1H3,(H,18,21). The molecule has 2 rings (SSSR count). The van der Waals surface area contributed by atoms with Crippen LogP contribution in [0.15, 0.2) is 24.3 Å². The Labute approximate surface area is 127 Å². The molecule has 0 atom stereocenters. The molecule has 0 spiro atoms. The van der Waals surface area contributed by atoms with E-state index < -0.39 is 0 Å². The molecule has 4 nitrogen and oxygen atoms in total. The molecule has 21 heavy (non-hydrogen) atoms. The van der Waals surface area contributed by atoms with E-state index in [9.17, 15) is 4.79 Å². The molecule has 0 aromatic heterocycles. The predicted octanol–water partition coefficient (Wildman–Crippen LogP) is 3.02. The fraction of sp³-hybridized carbons (Fsp3) is 0.588. The summed E-state index contributed by atoms with van der Waals surface area (Å²) in [4.78, 5) is 14.3. The number of carbonyl (C=O) groups is 1. The molecule has 1 aliphatic carbocycles. The molecule has 1 amide bonds. The Morgan fingerprint density at radius 1 is 1.19 bits per heavy atom. The van der Waals surface area contributed by atoms with Crippen LogP contribution in [0.5, 0.6) is 0 Å². The van der Waals surface area contributed by atoms with E-state index in [0.29, 0.717) is 6.54 Å². The SMILES string of the molecule is CN(CCO)c1ccc(NC(=O)C2CCCCCC2)cc1. The Morgan fingerprint density at radius 2 is 1.81 bits per heavy atom. The number of anilines is 2. The van der Waals surface area contributed by atoms with Crippen molar-refractivity contribution in [2.24, 2.45) is 5.92 Å². The van der Waals surface area contributed by atoms with Crippen LogP contribution in [0, 0.1) is 5.92 Å². The summed E-state index contributed by atoms with van der Waals surface area (Å²) < 4.78 is 0. The summed E-state index contributed by atoms with van der Waals surface area (Å²) in [6, 6.07) is 7.80. The maximum absolute atomic E-state index is 12.3. The lowest BCUT2D eigenvalue weighted by Gasteiger charge is -2.19. The lowest BCUT2D eigenvalue weighted by atomic mass is 9.99. The molecule has 0 heterocycles. The van der Waals surface area contributed by atoms with Crippen LogP contribution in [0.3, 0.4) is 0 Å². The highest BCUT2D eigenvalue weighted by atomic mass is 16.3. The van der Waals surface area contributed by atoms with E-state index in [1.807, 2.05) is 36.2 Å². The van der Waals surface area contributed by atoms with Crippen LogP contribution in [-0.2, 0) is 4.79 Å². The fourth-order valence-corrected chi connectivity index (χ4v) is 2.86. The maximum Gasteiger partial charge on any atom is 0.227 e. The third kappa shape index (κ3) is 4.74. The first-order chi connectivity index (χ1) is 10.2. The van der Waals surface area contributed by atoms with Gasteiger partial charge in [-0.25, -0.2) is 0 Å². The predicted molar refractivity (Wildman–Crippen MR) is 86.6 cm³/mol. The van der Waals surface area contributed by atoms with Gasteiger partial charge in [0, 0.05) is 30.9 Å². The zero-order valence-electron chi connectivity index (χ0n) is 12.8. The molecule has 0 aliphatic heterocycles. The lowest BCUT2D eigenvalue weighted by molar-refractivity contribution is -0.120. The second kappa shape index (κ2) is 8.03. The molecule has 1 aromatic carbocycles. The molecule has 0 bridgehead atoms. The van der Waals surface area contributed by atoms with Crippen LogP contribution >= 0.6 is 0 Å². The first kappa shape index (κ1) is 15.8. The van der Waals surface area contributed by atoms with E-state index >= 15 is 0 Å². The smallest absolute Gasteiger partial charge is 0.227 e. The van der Waals surface area contributed by atoms with Crippen molar-refractivity contribution in [2.75, 3.05) is 30.4 Å². The van der Waals surface area contributed by atoms with E-state index in [4.69, 9.17) is 5.11 Å². The number of nitrogens with one attached hydrogen (secondary N) is 1. The number of hydrogen-bond acceptors (Lipinski definition) is 3. The van der Waals surface area contributed by atoms with Crippen molar-refractivity contribution in [2.45, 2.75) is 38.5 Å². The van der Waals surface area contributed by atoms with Gasteiger partial charge in [0.2, 0.25) is 5.91 Å². The van der Waals surface area contributed by atoms with Gasteiger partial charge in [0.1, 0.15) is 0 Å². The minimum Gasteiger partial charge on any atom is -0.395 e. The van der Waals surface area contributed by atoms with Crippen LogP contribution in [0.25, 0.3) is 0 Å². The first-order valence-corrected chi connectivity index (χ1v) is 7.93. The van der Waals surface area contributed by atoms with Crippen molar-refractivity contribution in [1.29, 1.82) is 0 Å². The van der Waals surface area contributed by atoms with Crippen molar-refractivity contribution in [3.63, 3.8) is 0 Å². The summed E-state index contributed by atoms with van der Waals surface area (Å²) in [7, 11) is 1.94. The number of rotatable bonds is 5. The zero-order valence-corrected chi connectivity index (χ0v) is 12.8. The molecule has 0 saturated heterocycles. The number of aliphatic hydroxyl groups is 1. The van der Waals surface area contributed by atoms with Gasteiger partial charge in [0.25, 0.3) is 0 Å². The monoisotopic (exact) mass is 290 g/mol. The van der Waals surface area contributed by atoms with Gasteiger partial charge < -0.3 is 15.3 Å². The van der Waals surface area contributed by atoms with Gasteiger partial charge in [0.15, 0.2) is 0 Å². The first-order valence-electron chi connectivity index (χ1n) is 7.93. The second-order valence-corrected chi connectivity index (χ2v) is 5.87.